The molecule has 1 heterocycles. The number of methoxy groups -OCH3 is 1. The van der Waals surface area contributed by atoms with Crippen molar-refractivity contribution in [1.29, 1.82) is 0 Å². The molecule has 1 aliphatic heterocycles. The van der Waals surface area contributed by atoms with E-state index in [1.54, 1.807) is 12.1 Å². The Labute approximate surface area is 168 Å². The third-order valence-corrected chi connectivity index (χ3v) is 7.14. The Balaban J connectivity index is 1.67. The number of ether oxygens (including phenoxy) is 1. The maximum Gasteiger partial charge on any atom is 0.243 e. The maximum atomic E-state index is 14.0. The van der Waals surface area contributed by atoms with Crippen molar-refractivity contribution in [3.8, 4) is 5.75 Å². The molecule has 0 amide bonds. The number of piperazine rings is 1. The number of nitrogens with zero attached hydrogens (tertiary/aromatic N) is 2. The Morgan fingerprint density at radius 2 is 1.74 bits per heavy atom. The zero-order chi connectivity index (χ0) is 19.6. The van der Waals surface area contributed by atoms with E-state index in [1.807, 2.05) is 4.90 Å². The van der Waals surface area contributed by atoms with Crippen molar-refractivity contribution < 1.29 is 17.5 Å². The largest absolute Gasteiger partial charge is 0.497 e. The topological polar surface area (TPSA) is 49.9 Å². The summed E-state index contributed by atoms with van der Waals surface area (Å²) in [6.07, 6.45) is 0. The molecule has 0 bridgehead atoms. The molecular weight excluding hydrogens is 414 g/mol. The summed E-state index contributed by atoms with van der Waals surface area (Å²) in [5.74, 6) is 0.286. The molecule has 2 aromatic carbocycles. The van der Waals surface area contributed by atoms with Gasteiger partial charge in [-0.2, -0.15) is 4.31 Å². The van der Waals surface area contributed by atoms with Crippen LogP contribution in [0, 0.1) is 5.82 Å². The van der Waals surface area contributed by atoms with E-state index in [0.717, 1.165) is 0 Å². The van der Waals surface area contributed by atoms with E-state index in [4.69, 9.17) is 27.9 Å². The monoisotopic (exact) mass is 432 g/mol. The average Bonchev–Trinajstić information content (AvgIpc) is 2.66. The molecule has 0 atom stereocenters. The minimum Gasteiger partial charge on any atom is -0.497 e. The van der Waals surface area contributed by atoms with Crippen LogP contribution in [0.2, 0.25) is 10.0 Å². The van der Waals surface area contributed by atoms with Gasteiger partial charge in [0.15, 0.2) is 0 Å². The molecule has 5 nitrogen and oxygen atoms in total. The normalized spacial score (nSPS) is 16.4. The number of halogens is 3. The third kappa shape index (κ3) is 4.55. The summed E-state index contributed by atoms with van der Waals surface area (Å²) in [6.45, 7) is 2.01. The second kappa shape index (κ2) is 8.32. The van der Waals surface area contributed by atoms with Crippen LogP contribution in [0.1, 0.15) is 5.56 Å². The van der Waals surface area contributed by atoms with Crippen molar-refractivity contribution in [2.75, 3.05) is 33.3 Å². The summed E-state index contributed by atoms with van der Waals surface area (Å²) < 4.78 is 46.1. The number of hydrogen-bond acceptors (Lipinski definition) is 4. The second-order valence-corrected chi connectivity index (χ2v) is 8.97. The molecule has 0 spiro atoms. The summed E-state index contributed by atoms with van der Waals surface area (Å²) in [7, 11) is -2.12. The lowest BCUT2D eigenvalue weighted by atomic mass is 10.1. The molecule has 1 saturated heterocycles. The lowest BCUT2D eigenvalue weighted by Crippen LogP contribution is -2.48. The van der Waals surface area contributed by atoms with Gasteiger partial charge in [-0.15, -0.1) is 0 Å². The first-order valence-corrected chi connectivity index (χ1v) is 10.5. The first kappa shape index (κ1) is 20.4. The van der Waals surface area contributed by atoms with Crippen LogP contribution < -0.4 is 4.74 Å². The van der Waals surface area contributed by atoms with Crippen molar-refractivity contribution in [2.45, 2.75) is 11.4 Å². The quantitative estimate of drug-likeness (QED) is 0.723. The average molecular weight is 433 g/mol. The first-order chi connectivity index (χ1) is 12.8. The van der Waals surface area contributed by atoms with Crippen molar-refractivity contribution in [2.24, 2.45) is 0 Å². The summed E-state index contributed by atoms with van der Waals surface area (Å²) in [6, 6.07) is 8.88. The van der Waals surface area contributed by atoms with Gasteiger partial charge in [0.2, 0.25) is 10.0 Å². The van der Waals surface area contributed by atoms with E-state index in [1.165, 1.54) is 35.7 Å². The van der Waals surface area contributed by atoms with Crippen LogP contribution in [-0.2, 0) is 16.6 Å². The fourth-order valence-corrected chi connectivity index (χ4v) is 4.77. The van der Waals surface area contributed by atoms with Gasteiger partial charge in [-0.1, -0.05) is 23.2 Å². The minimum absolute atomic E-state index is 0.115. The molecule has 3 rings (SSSR count). The molecule has 146 valence electrons. The van der Waals surface area contributed by atoms with Crippen molar-refractivity contribution >= 4 is 33.2 Å². The molecule has 0 radical (unpaired) electrons. The summed E-state index contributed by atoms with van der Waals surface area (Å²) >= 11 is 11.8. The Kier molecular flexibility index (Phi) is 6.28. The highest BCUT2D eigenvalue weighted by Crippen LogP contribution is 2.27. The number of sulfonamides is 1. The van der Waals surface area contributed by atoms with Crippen LogP contribution in [0.5, 0.6) is 5.75 Å². The lowest BCUT2D eigenvalue weighted by molar-refractivity contribution is 0.179. The van der Waals surface area contributed by atoms with Crippen LogP contribution in [0.4, 0.5) is 4.39 Å². The zero-order valence-corrected chi connectivity index (χ0v) is 17.0. The molecule has 0 aliphatic carbocycles. The smallest absolute Gasteiger partial charge is 0.243 e. The second-order valence-electron chi connectivity index (χ2n) is 6.21. The van der Waals surface area contributed by atoms with Crippen molar-refractivity contribution in [3.63, 3.8) is 0 Å². The highest BCUT2D eigenvalue weighted by molar-refractivity contribution is 7.89. The molecule has 0 aromatic heterocycles. The number of benzene rings is 2. The van der Waals surface area contributed by atoms with Gasteiger partial charge in [-0.3, -0.25) is 4.90 Å². The Bertz CT molecular complexity index is 932. The van der Waals surface area contributed by atoms with E-state index >= 15 is 0 Å². The standard InChI is InChI=1S/C18H19Cl2FN2O3S/c1-26-14-2-5-18(21)13(10-14)12-22-6-8-23(9-7-22)27(24,25)15-3-4-16(19)17(20)11-15/h2-5,10-11H,6-9,12H2,1H3. The van der Waals surface area contributed by atoms with Gasteiger partial charge in [-0.05, 0) is 36.4 Å². The van der Waals surface area contributed by atoms with Crippen LogP contribution >= 0.6 is 23.2 Å². The molecule has 1 fully saturated rings. The Hall–Kier alpha value is -1.38. The fraction of sp³-hybridized carbons (Fsp3) is 0.333. The van der Waals surface area contributed by atoms with Crippen LogP contribution in [0.25, 0.3) is 0 Å². The molecule has 27 heavy (non-hydrogen) atoms. The van der Waals surface area contributed by atoms with E-state index < -0.39 is 10.0 Å². The van der Waals surface area contributed by atoms with Gasteiger partial charge in [0.1, 0.15) is 11.6 Å². The lowest BCUT2D eigenvalue weighted by Gasteiger charge is -2.34. The highest BCUT2D eigenvalue weighted by Gasteiger charge is 2.29. The van der Waals surface area contributed by atoms with E-state index in [2.05, 4.69) is 0 Å². The molecule has 0 unspecified atom stereocenters. The molecule has 1 aliphatic rings. The summed E-state index contributed by atoms with van der Waals surface area (Å²) in [5, 5.41) is 0.505. The van der Waals surface area contributed by atoms with Gasteiger partial charge in [0, 0.05) is 38.3 Å². The van der Waals surface area contributed by atoms with Gasteiger partial charge in [0.25, 0.3) is 0 Å². The van der Waals surface area contributed by atoms with Gasteiger partial charge in [0.05, 0.1) is 22.1 Å². The number of hydrogen-bond donors (Lipinski definition) is 0. The minimum atomic E-state index is -3.65. The van der Waals surface area contributed by atoms with E-state index in [9.17, 15) is 12.8 Å². The van der Waals surface area contributed by atoms with Crippen molar-refractivity contribution in [3.05, 3.63) is 57.8 Å². The summed E-state index contributed by atoms with van der Waals surface area (Å²) in [5.41, 5.74) is 0.523. The molecule has 2 aromatic rings. The number of rotatable bonds is 5. The molecule has 0 saturated carbocycles. The molecule has 0 N–H and O–H groups in total. The van der Waals surface area contributed by atoms with Crippen LogP contribution in [-0.4, -0.2) is 50.9 Å². The highest BCUT2D eigenvalue weighted by atomic mass is 35.5. The molecular formula is C18H19Cl2FN2O3S. The van der Waals surface area contributed by atoms with E-state index in [0.29, 0.717) is 49.1 Å². The SMILES string of the molecule is COc1ccc(F)c(CN2CCN(S(=O)(=O)c3ccc(Cl)c(Cl)c3)CC2)c1. The summed E-state index contributed by atoms with van der Waals surface area (Å²) in [4.78, 5) is 2.13. The van der Waals surface area contributed by atoms with Crippen molar-refractivity contribution in [1.82, 2.24) is 9.21 Å². The van der Waals surface area contributed by atoms with Crippen LogP contribution in [0.3, 0.4) is 0 Å². The molecule has 9 heteroatoms. The van der Waals surface area contributed by atoms with E-state index in [-0.39, 0.29) is 15.7 Å². The van der Waals surface area contributed by atoms with Gasteiger partial charge in [-0.25, -0.2) is 12.8 Å². The predicted octanol–water partition coefficient (Wildman–Crippen LogP) is 3.65. The van der Waals surface area contributed by atoms with Gasteiger partial charge >= 0.3 is 0 Å². The first-order valence-electron chi connectivity index (χ1n) is 8.31. The third-order valence-electron chi connectivity index (χ3n) is 4.51. The predicted molar refractivity (Wildman–Crippen MR) is 103 cm³/mol. The zero-order valence-electron chi connectivity index (χ0n) is 14.7. The fourth-order valence-electron chi connectivity index (χ4n) is 2.95. The van der Waals surface area contributed by atoms with Crippen LogP contribution in [0.15, 0.2) is 41.3 Å². The Morgan fingerprint density at radius 3 is 2.37 bits per heavy atom. The Morgan fingerprint density at radius 1 is 1.04 bits per heavy atom. The van der Waals surface area contributed by atoms with Gasteiger partial charge < -0.3 is 4.74 Å². The maximum absolute atomic E-state index is 14.0.